The lowest BCUT2D eigenvalue weighted by atomic mass is 10.0. The molecule has 0 saturated heterocycles. The van der Waals surface area contributed by atoms with Crippen molar-refractivity contribution in [3.8, 4) is 0 Å². The SMILES string of the molecule is CC/C=C/C/C=C/C/C=C/C/C=C/C/C=C/C/C=C/CCCCC(=O)OC(COCCC(C(=O)[O-])[N+](C)(C)C)COC(=O)CCCCCCCCCCCCCC. The number of carboxylic acids is 1. The summed E-state index contributed by atoms with van der Waals surface area (Å²) >= 11 is 0. The van der Waals surface area contributed by atoms with Gasteiger partial charge in [-0.3, -0.25) is 9.59 Å². The molecule has 0 saturated carbocycles. The van der Waals surface area contributed by atoms with E-state index in [0.717, 1.165) is 70.6 Å². The maximum absolute atomic E-state index is 12.7. The third kappa shape index (κ3) is 38.1. The highest BCUT2D eigenvalue weighted by Crippen LogP contribution is 2.14. The Kier molecular flexibility index (Phi) is 37.3. The molecule has 2 unspecified atom stereocenters. The van der Waals surface area contributed by atoms with Crippen LogP contribution in [0.15, 0.2) is 72.9 Å². The van der Waals surface area contributed by atoms with E-state index in [4.69, 9.17) is 14.2 Å². The number of carbonyl (C=O) groups is 3. The van der Waals surface area contributed by atoms with Crippen molar-refractivity contribution in [3.63, 3.8) is 0 Å². The van der Waals surface area contributed by atoms with E-state index in [1.165, 1.54) is 57.8 Å². The van der Waals surface area contributed by atoms with Crippen LogP contribution in [0.5, 0.6) is 0 Å². The van der Waals surface area contributed by atoms with Crippen molar-refractivity contribution in [3.05, 3.63) is 72.9 Å². The quantitative estimate of drug-likeness (QED) is 0.0264. The fourth-order valence-corrected chi connectivity index (χ4v) is 6.13. The number of hydrogen-bond donors (Lipinski definition) is 0. The molecule has 0 aliphatic heterocycles. The average Bonchev–Trinajstić information content (AvgIpc) is 3.17. The van der Waals surface area contributed by atoms with Crippen LogP contribution in [0.3, 0.4) is 0 Å². The number of aliphatic carboxylic acids is 1. The normalized spacial score (nSPS) is 13.6. The number of quaternary nitrogens is 1. The predicted octanol–water partition coefficient (Wildman–Crippen LogP) is 11.0. The molecule has 2 atom stereocenters. The van der Waals surface area contributed by atoms with Gasteiger partial charge in [-0.15, -0.1) is 0 Å². The highest BCUT2D eigenvalue weighted by atomic mass is 16.6. The monoisotopic (exact) mass is 798 g/mol. The Morgan fingerprint density at radius 1 is 0.544 bits per heavy atom. The molecule has 0 aromatic heterocycles. The number of likely N-dealkylation sites (N-methyl/N-ethyl adjacent to an activating group) is 1. The van der Waals surface area contributed by atoms with Gasteiger partial charge >= 0.3 is 11.9 Å². The summed E-state index contributed by atoms with van der Waals surface area (Å²) in [6.07, 6.45) is 49.3. The molecule has 0 aromatic carbocycles. The second kappa shape index (κ2) is 39.6. The lowest BCUT2D eigenvalue weighted by Crippen LogP contribution is -2.55. The first-order chi connectivity index (χ1) is 27.6. The van der Waals surface area contributed by atoms with Gasteiger partial charge in [-0.1, -0.05) is 157 Å². The number of carboxylic acid groups (broad SMARTS) is 1. The minimum Gasteiger partial charge on any atom is -0.544 e. The minimum atomic E-state index is -1.13. The molecule has 8 heteroatoms. The van der Waals surface area contributed by atoms with E-state index in [1.54, 1.807) is 21.1 Å². The molecule has 0 spiro atoms. The number of unbranched alkanes of at least 4 members (excludes halogenated alkanes) is 13. The lowest BCUT2D eigenvalue weighted by molar-refractivity contribution is -0.889. The largest absolute Gasteiger partial charge is 0.544 e. The third-order valence-corrected chi connectivity index (χ3v) is 9.61. The topological polar surface area (TPSA) is 102 Å². The summed E-state index contributed by atoms with van der Waals surface area (Å²) in [5.41, 5.74) is 0. The molecule has 0 rings (SSSR count). The summed E-state index contributed by atoms with van der Waals surface area (Å²) in [5.74, 6) is -1.80. The molecule has 0 radical (unpaired) electrons. The van der Waals surface area contributed by atoms with Gasteiger partial charge in [0.2, 0.25) is 0 Å². The summed E-state index contributed by atoms with van der Waals surface area (Å²) in [5, 5.41) is 11.6. The Hall–Kier alpha value is -3.23. The molecule has 0 fully saturated rings. The second-order valence-electron chi connectivity index (χ2n) is 15.9. The molecule has 0 aromatic rings. The van der Waals surface area contributed by atoms with Crippen molar-refractivity contribution in [2.75, 3.05) is 41.0 Å². The van der Waals surface area contributed by atoms with Crippen molar-refractivity contribution in [1.29, 1.82) is 0 Å². The van der Waals surface area contributed by atoms with Crippen molar-refractivity contribution in [2.24, 2.45) is 0 Å². The maximum Gasteiger partial charge on any atom is 0.306 e. The highest BCUT2D eigenvalue weighted by Gasteiger charge is 2.25. The molecule has 0 aliphatic rings. The molecule has 57 heavy (non-hydrogen) atoms. The lowest BCUT2D eigenvalue weighted by Gasteiger charge is -2.34. The number of nitrogens with zero attached hydrogens (tertiary/aromatic N) is 1. The fraction of sp³-hybridized carbons (Fsp3) is 0.694. The summed E-state index contributed by atoms with van der Waals surface area (Å²) in [6.45, 7) is 4.49. The molecule has 8 nitrogen and oxygen atoms in total. The zero-order valence-corrected chi connectivity index (χ0v) is 37.0. The van der Waals surface area contributed by atoms with Crippen molar-refractivity contribution < 1.29 is 38.2 Å². The predicted molar refractivity (Wildman–Crippen MR) is 235 cm³/mol. The third-order valence-electron chi connectivity index (χ3n) is 9.61. The van der Waals surface area contributed by atoms with Crippen LogP contribution in [-0.4, -0.2) is 75.5 Å². The first kappa shape index (κ1) is 53.8. The zero-order chi connectivity index (χ0) is 42.1. The van der Waals surface area contributed by atoms with E-state index in [9.17, 15) is 19.5 Å². The highest BCUT2D eigenvalue weighted by molar-refractivity contribution is 5.70. The van der Waals surface area contributed by atoms with E-state index >= 15 is 0 Å². The van der Waals surface area contributed by atoms with Gasteiger partial charge in [0, 0.05) is 19.3 Å². The van der Waals surface area contributed by atoms with Crippen LogP contribution in [0.2, 0.25) is 0 Å². The smallest absolute Gasteiger partial charge is 0.306 e. The van der Waals surface area contributed by atoms with Gasteiger partial charge in [0.25, 0.3) is 0 Å². The molecule has 0 heterocycles. The van der Waals surface area contributed by atoms with Gasteiger partial charge in [0.15, 0.2) is 6.10 Å². The average molecular weight is 798 g/mol. The molecular formula is C49H83NO7. The molecule has 0 aliphatic carbocycles. The number of carbonyl (C=O) groups excluding carboxylic acids is 3. The Labute approximate surface area is 349 Å². The summed E-state index contributed by atoms with van der Waals surface area (Å²) < 4.78 is 17.1. The number of ether oxygens (including phenoxy) is 3. The number of rotatable bonds is 39. The van der Waals surface area contributed by atoms with Gasteiger partial charge < -0.3 is 28.6 Å². The summed E-state index contributed by atoms with van der Waals surface area (Å²) in [4.78, 5) is 36.8. The van der Waals surface area contributed by atoms with E-state index in [-0.39, 0.29) is 49.1 Å². The van der Waals surface area contributed by atoms with E-state index < -0.39 is 18.1 Å². The first-order valence-electron chi connectivity index (χ1n) is 22.5. The van der Waals surface area contributed by atoms with Gasteiger partial charge in [-0.05, 0) is 64.2 Å². The van der Waals surface area contributed by atoms with Crippen LogP contribution < -0.4 is 5.11 Å². The summed E-state index contributed by atoms with van der Waals surface area (Å²) in [6, 6.07) is -0.736. The van der Waals surface area contributed by atoms with Gasteiger partial charge in [-0.2, -0.15) is 0 Å². The van der Waals surface area contributed by atoms with Crippen LogP contribution in [0.25, 0.3) is 0 Å². The van der Waals surface area contributed by atoms with Crippen LogP contribution in [0.4, 0.5) is 0 Å². The van der Waals surface area contributed by atoms with Crippen LogP contribution in [0.1, 0.15) is 168 Å². The summed E-state index contributed by atoms with van der Waals surface area (Å²) in [7, 11) is 5.38. The maximum atomic E-state index is 12.7. The van der Waals surface area contributed by atoms with Crippen molar-refractivity contribution >= 4 is 17.9 Å². The minimum absolute atomic E-state index is 0.0209. The van der Waals surface area contributed by atoms with Crippen LogP contribution >= 0.6 is 0 Å². The molecule has 326 valence electrons. The first-order valence-corrected chi connectivity index (χ1v) is 22.5. The fourth-order valence-electron chi connectivity index (χ4n) is 6.13. The van der Waals surface area contributed by atoms with E-state index in [0.29, 0.717) is 12.8 Å². The molecule has 0 N–H and O–H groups in total. The van der Waals surface area contributed by atoms with Gasteiger partial charge in [0.05, 0.1) is 40.3 Å². The van der Waals surface area contributed by atoms with Crippen molar-refractivity contribution in [2.45, 2.75) is 180 Å². The Morgan fingerprint density at radius 3 is 1.46 bits per heavy atom. The van der Waals surface area contributed by atoms with Crippen molar-refractivity contribution in [1.82, 2.24) is 0 Å². The number of esters is 2. The van der Waals surface area contributed by atoms with Gasteiger partial charge in [-0.25, -0.2) is 0 Å². The Morgan fingerprint density at radius 2 is 0.982 bits per heavy atom. The van der Waals surface area contributed by atoms with Gasteiger partial charge in [0.1, 0.15) is 12.6 Å². The molecular weight excluding hydrogens is 715 g/mol. The molecule has 0 bridgehead atoms. The zero-order valence-electron chi connectivity index (χ0n) is 37.0. The number of hydrogen-bond acceptors (Lipinski definition) is 7. The second-order valence-corrected chi connectivity index (χ2v) is 15.9. The Balaban J connectivity index is 4.43. The number of allylic oxidation sites excluding steroid dienone is 12. The van der Waals surface area contributed by atoms with E-state index in [2.05, 4.69) is 86.8 Å². The van der Waals surface area contributed by atoms with Crippen LogP contribution in [-0.2, 0) is 28.6 Å². The van der Waals surface area contributed by atoms with Crippen LogP contribution in [0, 0.1) is 0 Å². The Bertz CT molecular complexity index is 1160. The molecule has 0 amide bonds. The standard InChI is InChI=1S/C49H83NO7/c1-6-8-10-12-14-16-18-20-21-22-23-24-25-26-27-28-30-32-34-36-38-40-48(52)57-45(43-55-42-41-46(49(53)54)50(3,4)5)44-56-47(51)39-37-35-33-31-29-19-17-15-13-11-9-7-2/h8,10,14,16,20-21,23-24,26-27,30,32,45-46H,6-7,9,11-13,15,17-19,22,25,28-29,31,33-44H2,1-5H3/b10-8+,16-14+,21-20+,24-23+,27-26+,32-30+. The van der Waals surface area contributed by atoms with E-state index in [1.807, 2.05) is 0 Å².